The maximum atomic E-state index is 11.4. The molecule has 0 aliphatic rings. The van der Waals surface area contributed by atoms with Crippen LogP contribution in [0, 0.1) is 11.3 Å². The molecule has 0 aliphatic carbocycles. The van der Waals surface area contributed by atoms with E-state index in [4.69, 9.17) is 10.00 Å². The van der Waals surface area contributed by atoms with Crippen LogP contribution < -0.4 is 4.74 Å². The smallest absolute Gasteiger partial charge is 0.343 e. The fourth-order valence-electron chi connectivity index (χ4n) is 1.14. The van der Waals surface area contributed by atoms with Crippen LogP contribution in [0.25, 0.3) is 0 Å². The predicted molar refractivity (Wildman–Crippen MR) is 56.7 cm³/mol. The van der Waals surface area contributed by atoms with Gasteiger partial charge in [0.25, 0.3) is 0 Å². The van der Waals surface area contributed by atoms with Gasteiger partial charge < -0.3 is 9.47 Å². The SMILES string of the molecule is COC(=O)c1c(C#N)cc(Br)cc1OC. The largest absolute Gasteiger partial charge is 0.496 e. The van der Waals surface area contributed by atoms with Crippen molar-refractivity contribution < 1.29 is 14.3 Å². The monoisotopic (exact) mass is 269 g/mol. The third kappa shape index (κ3) is 2.28. The topological polar surface area (TPSA) is 59.3 Å². The lowest BCUT2D eigenvalue weighted by Gasteiger charge is -2.08. The van der Waals surface area contributed by atoms with Crippen molar-refractivity contribution in [1.82, 2.24) is 0 Å². The number of hydrogen-bond acceptors (Lipinski definition) is 4. The highest BCUT2D eigenvalue weighted by atomic mass is 79.9. The molecule has 4 nitrogen and oxygen atoms in total. The number of carbonyl (C=O) groups is 1. The Kier molecular flexibility index (Phi) is 3.69. The minimum atomic E-state index is -0.587. The van der Waals surface area contributed by atoms with Crippen LogP contribution in [0.3, 0.4) is 0 Å². The van der Waals surface area contributed by atoms with Crippen LogP contribution in [0.2, 0.25) is 0 Å². The van der Waals surface area contributed by atoms with Crippen LogP contribution >= 0.6 is 15.9 Å². The summed E-state index contributed by atoms with van der Waals surface area (Å²) in [4.78, 5) is 11.4. The van der Waals surface area contributed by atoms with Crippen LogP contribution in [-0.4, -0.2) is 20.2 Å². The number of methoxy groups -OCH3 is 2. The molecule has 0 unspecified atom stereocenters. The Hall–Kier alpha value is -1.54. The summed E-state index contributed by atoms with van der Waals surface area (Å²) in [5.74, 6) is -0.274. The summed E-state index contributed by atoms with van der Waals surface area (Å²) in [7, 11) is 2.68. The van der Waals surface area contributed by atoms with Gasteiger partial charge in [0.15, 0.2) is 0 Å². The third-order valence-corrected chi connectivity index (χ3v) is 2.25. The fraction of sp³-hybridized carbons (Fsp3) is 0.200. The third-order valence-electron chi connectivity index (χ3n) is 1.80. The molecule has 0 radical (unpaired) electrons. The van der Waals surface area contributed by atoms with E-state index < -0.39 is 5.97 Å². The lowest BCUT2D eigenvalue weighted by molar-refractivity contribution is 0.0596. The molecule has 0 fully saturated rings. The molecule has 0 heterocycles. The van der Waals surface area contributed by atoms with Gasteiger partial charge in [0, 0.05) is 4.47 Å². The van der Waals surface area contributed by atoms with E-state index in [0.29, 0.717) is 10.2 Å². The average Bonchev–Trinajstić information content (AvgIpc) is 2.26. The van der Waals surface area contributed by atoms with Gasteiger partial charge in [-0.1, -0.05) is 15.9 Å². The summed E-state index contributed by atoms with van der Waals surface area (Å²) in [6, 6.07) is 5.06. The second kappa shape index (κ2) is 4.80. The van der Waals surface area contributed by atoms with Gasteiger partial charge in [0.2, 0.25) is 0 Å². The number of rotatable bonds is 2. The van der Waals surface area contributed by atoms with E-state index in [-0.39, 0.29) is 11.1 Å². The van der Waals surface area contributed by atoms with E-state index in [1.807, 2.05) is 6.07 Å². The summed E-state index contributed by atoms with van der Waals surface area (Å²) in [6.07, 6.45) is 0. The van der Waals surface area contributed by atoms with Gasteiger partial charge in [-0.15, -0.1) is 0 Å². The molecular formula is C10H8BrNO3. The average molecular weight is 270 g/mol. The maximum absolute atomic E-state index is 11.4. The van der Waals surface area contributed by atoms with E-state index in [1.165, 1.54) is 20.3 Å². The molecule has 1 rings (SSSR count). The normalized spacial score (nSPS) is 9.20. The highest BCUT2D eigenvalue weighted by Gasteiger charge is 2.18. The van der Waals surface area contributed by atoms with Crippen molar-refractivity contribution in [3.63, 3.8) is 0 Å². The molecule has 1 aromatic rings. The van der Waals surface area contributed by atoms with Crippen LogP contribution in [0.15, 0.2) is 16.6 Å². The summed E-state index contributed by atoms with van der Waals surface area (Å²) >= 11 is 3.22. The molecule has 0 aliphatic heterocycles. The molecule has 0 amide bonds. The Bertz CT molecular complexity index is 437. The maximum Gasteiger partial charge on any atom is 0.343 e. The van der Waals surface area contributed by atoms with Crippen LogP contribution in [0.4, 0.5) is 0 Å². The van der Waals surface area contributed by atoms with Gasteiger partial charge in [0.05, 0.1) is 19.8 Å². The number of nitrogens with zero attached hydrogens (tertiary/aromatic N) is 1. The second-order valence-corrected chi connectivity index (χ2v) is 3.55. The first-order chi connectivity index (χ1) is 7.13. The van der Waals surface area contributed by atoms with Gasteiger partial charge in [-0.3, -0.25) is 0 Å². The zero-order valence-corrected chi connectivity index (χ0v) is 9.79. The van der Waals surface area contributed by atoms with Gasteiger partial charge in [-0.05, 0) is 12.1 Å². The minimum absolute atomic E-state index is 0.144. The van der Waals surface area contributed by atoms with Crippen molar-refractivity contribution in [3.8, 4) is 11.8 Å². The van der Waals surface area contributed by atoms with E-state index in [9.17, 15) is 4.79 Å². The molecule has 0 spiro atoms. The lowest BCUT2D eigenvalue weighted by atomic mass is 10.1. The summed E-state index contributed by atoms with van der Waals surface area (Å²) in [5, 5.41) is 8.87. The van der Waals surface area contributed by atoms with Crippen molar-refractivity contribution in [2.75, 3.05) is 14.2 Å². The first-order valence-electron chi connectivity index (χ1n) is 4.00. The zero-order chi connectivity index (χ0) is 11.4. The Balaban J connectivity index is 3.45. The van der Waals surface area contributed by atoms with Gasteiger partial charge in [-0.2, -0.15) is 5.26 Å². The predicted octanol–water partition coefficient (Wildman–Crippen LogP) is 2.12. The summed E-state index contributed by atoms with van der Waals surface area (Å²) < 4.78 is 10.3. The number of esters is 1. The molecule has 0 atom stereocenters. The van der Waals surface area contributed by atoms with Crippen molar-refractivity contribution >= 4 is 21.9 Å². The Morgan fingerprint density at radius 3 is 2.60 bits per heavy atom. The molecule has 1 aromatic carbocycles. The molecule has 0 saturated heterocycles. The fourth-order valence-corrected chi connectivity index (χ4v) is 1.58. The van der Waals surface area contributed by atoms with Crippen molar-refractivity contribution in [3.05, 3.63) is 27.7 Å². The lowest BCUT2D eigenvalue weighted by Crippen LogP contribution is -2.07. The molecular weight excluding hydrogens is 262 g/mol. The summed E-state index contributed by atoms with van der Waals surface area (Å²) in [6.45, 7) is 0. The Labute approximate surface area is 95.5 Å². The highest BCUT2D eigenvalue weighted by Crippen LogP contribution is 2.27. The van der Waals surface area contributed by atoms with Gasteiger partial charge >= 0.3 is 5.97 Å². The van der Waals surface area contributed by atoms with Crippen LogP contribution in [-0.2, 0) is 4.74 Å². The number of ether oxygens (including phenoxy) is 2. The number of nitriles is 1. The number of halogens is 1. The zero-order valence-electron chi connectivity index (χ0n) is 8.20. The van der Waals surface area contributed by atoms with Crippen LogP contribution in [0.1, 0.15) is 15.9 Å². The molecule has 78 valence electrons. The number of hydrogen-bond donors (Lipinski definition) is 0. The van der Waals surface area contributed by atoms with E-state index in [0.717, 1.165) is 0 Å². The molecule has 0 bridgehead atoms. The minimum Gasteiger partial charge on any atom is -0.496 e. The standard InChI is InChI=1S/C10H8BrNO3/c1-14-8-4-7(11)3-6(5-12)9(8)10(13)15-2/h3-4H,1-2H3. The number of benzene rings is 1. The van der Waals surface area contributed by atoms with E-state index >= 15 is 0 Å². The summed E-state index contributed by atoms with van der Waals surface area (Å²) in [5.41, 5.74) is 0.360. The first-order valence-corrected chi connectivity index (χ1v) is 4.79. The van der Waals surface area contributed by atoms with Gasteiger partial charge in [-0.25, -0.2) is 4.79 Å². The molecule has 15 heavy (non-hydrogen) atoms. The Morgan fingerprint density at radius 1 is 1.47 bits per heavy atom. The second-order valence-electron chi connectivity index (χ2n) is 2.63. The van der Waals surface area contributed by atoms with E-state index in [2.05, 4.69) is 20.7 Å². The molecule has 0 saturated carbocycles. The highest BCUT2D eigenvalue weighted by molar-refractivity contribution is 9.10. The van der Waals surface area contributed by atoms with Crippen molar-refractivity contribution in [1.29, 1.82) is 5.26 Å². The van der Waals surface area contributed by atoms with Gasteiger partial charge in [0.1, 0.15) is 17.4 Å². The molecule has 0 N–H and O–H groups in total. The van der Waals surface area contributed by atoms with E-state index in [1.54, 1.807) is 6.07 Å². The van der Waals surface area contributed by atoms with Crippen molar-refractivity contribution in [2.45, 2.75) is 0 Å². The molecule has 5 heteroatoms. The Morgan fingerprint density at radius 2 is 2.13 bits per heavy atom. The van der Waals surface area contributed by atoms with Crippen LogP contribution in [0.5, 0.6) is 5.75 Å². The first kappa shape index (κ1) is 11.5. The number of carbonyl (C=O) groups excluding carboxylic acids is 1. The molecule has 0 aromatic heterocycles. The quantitative estimate of drug-likeness (QED) is 0.772. The van der Waals surface area contributed by atoms with Crippen molar-refractivity contribution in [2.24, 2.45) is 0 Å².